The molecule has 1 saturated heterocycles. The Morgan fingerprint density at radius 1 is 1.15 bits per heavy atom. The van der Waals surface area contributed by atoms with Crippen LogP contribution >= 0.6 is 0 Å². The second-order valence-electron chi connectivity index (χ2n) is 10.0. The Kier molecular flexibility index (Phi) is 8.33. The minimum absolute atomic E-state index is 0.0766. The second-order valence-corrected chi connectivity index (χ2v) is 11.5. The van der Waals surface area contributed by atoms with E-state index in [1.54, 1.807) is 6.92 Å². The molecule has 2 aliphatic rings. The molecule has 212 valence electrons. The van der Waals surface area contributed by atoms with Crippen LogP contribution in [0.4, 0.5) is 4.79 Å². The summed E-state index contributed by atoms with van der Waals surface area (Å²) in [6, 6.07) is 7.25. The monoisotopic (exact) mass is 570 g/mol. The molecular formula is C26H31BN4O8S. The van der Waals surface area contributed by atoms with Crippen LogP contribution in [-0.4, -0.2) is 73.6 Å². The van der Waals surface area contributed by atoms with Crippen molar-refractivity contribution in [1.82, 2.24) is 15.1 Å². The lowest BCUT2D eigenvalue weighted by molar-refractivity contribution is -0.153. The van der Waals surface area contributed by atoms with Crippen molar-refractivity contribution in [1.29, 1.82) is 0 Å². The molecule has 0 aromatic heterocycles. The van der Waals surface area contributed by atoms with Crippen molar-refractivity contribution in [2.75, 3.05) is 19.6 Å². The minimum atomic E-state index is -4.16. The third-order valence-electron chi connectivity index (χ3n) is 7.26. The molecule has 1 unspecified atom stereocenters. The molecule has 2 aromatic rings. The van der Waals surface area contributed by atoms with Crippen LogP contribution in [0.3, 0.4) is 0 Å². The first-order valence-corrected chi connectivity index (χ1v) is 14.4. The summed E-state index contributed by atoms with van der Waals surface area (Å²) in [6.45, 7) is 5.44. The van der Waals surface area contributed by atoms with E-state index < -0.39 is 52.6 Å². The number of sulfonamides is 1. The van der Waals surface area contributed by atoms with Crippen LogP contribution in [-0.2, 0) is 30.8 Å². The summed E-state index contributed by atoms with van der Waals surface area (Å²) in [4.78, 5) is 53.6. The highest BCUT2D eigenvalue weighted by Gasteiger charge is 2.40. The Morgan fingerprint density at radius 2 is 1.88 bits per heavy atom. The number of ketones is 1. The zero-order chi connectivity index (χ0) is 29.4. The zero-order valence-corrected chi connectivity index (χ0v) is 23.2. The molecule has 0 spiro atoms. The molecular weight excluding hydrogens is 539 g/mol. The van der Waals surface area contributed by atoms with Crippen LogP contribution in [0.1, 0.15) is 41.6 Å². The number of rotatable bonds is 7. The number of amides is 4. The van der Waals surface area contributed by atoms with Crippen molar-refractivity contribution in [3.63, 3.8) is 0 Å². The normalized spacial score (nSPS) is 18.2. The van der Waals surface area contributed by atoms with Gasteiger partial charge in [-0.3, -0.25) is 19.3 Å². The molecule has 4 rings (SSSR count). The van der Waals surface area contributed by atoms with Crippen LogP contribution in [0.15, 0.2) is 41.3 Å². The van der Waals surface area contributed by atoms with Gasteiger partial charge in [-0.25, -0.2) is 18.4 Å². The Labute approximate surface area is 232 Å². The van der Waals surface area contributed by atoms with Crippen LogP contribution in [0, 0.1) is 13.8 Å². The highest BCUT2D eigenvalue weighted by Crippen LogP contribution is 2.37. The van der Waals surface area contributed by atoms with E-state index in [0.717, 1.165) is 16.0 Å². The summed E-state index contributed by atoms with van der Waals surface area (Å²) >= 11 is 0. The van der Waals surface area contributed by atoms with Gasteiger partial charge in [0.2, 0.25) is 10.0 Å². The predicted molar refractivity (Wildman–Crippen MR) is 145 cm³/mol. The fourth-order valence-electron chi connectivity index (χ4n) is 5.02. The quantitative estimate of drug-likeness (QED) is 0.324. The maximum atomic E-state index is 13.7. The number of para-hydroxylation sites is 1. The number of hydrogen-bond donors (Lipinski definition) is 3. The zero-order valence-electron chi connectivity index (χ0n) is 22.4. The van der Waals surface area contributed by atoms with Crippen molar-refractivity contribution in [2.24, 2.45) is 5.14 Å². The summed E-state index contributed by atoms with van der Waals surface area (Å²) in [7, 11) is -5.46. The Hall–Kier alpha value is -3.75. The first-order valence-electron chi connectivity index (χ1n) is 12.8. The maximum absolute atomic E-state index is 13.7. The maximum Gasteiger partial charge on any atom is 0.526 e. The van der Waals surface area contributed by atoms with E-state index in [2.05, 4.69) is 5.32 Å². The van der Waals surface area contributed by atoms with E-state index in [4.69, 9.17) is 9.79 Å². The van der Waals surface area contributed by atoms with Crippen LogP contribution < -0.4 is 15.1 Å². The first kappa shape index (κ1) is 29.2. The van der Waals surface area contributed by atoms with E-state index >= 15 is 0 Å². The standard InChI is InChI=1S/C26H31BN4O8S/c1-4-30-10-11-31(25(34)24(30)33)26(35)29-22(17-9-8-15(2)21(13-17)40(28,37)38)20(32)14-19-12-18-7-5-6-16(3)23(18)39-27(19)36/h5-9,13,19,22,36H,4,10-12,14H2,1-3H3,(H,29,35)(H2,28,37,38)/t19-,22?/m1/s1. The number of benzene rings is 2. The number of hydrogen-bond acceptors (Lipinski definition) is 8. The van der Waals surface area contributed by atoms with Crippen molar-refractivity contribution < 1.29 is 37.3 Å². The van der Waals surface area contributed by atoms with Gasteiger partial charge in [-0.1, -0.05) is 30.3 Å². The van der Waals surface area contributed by atoms with Gasteiger partial charge in [0.15, 0.2) is 5.78 Å². The SMILES string of the molecule is CCN1CCN(C(=O)NC(C(=O)C[C@H]2Cc3cccc(C)c3OB2O)c2ccc(C)c(S(N)(=O)=O)c2)C(=O)C1=O. The number of nitrogens with zero attached hydrogens (tertiary/aromatic N) is 2. The van der Waals surface area contributed by atoms with Crippen LogP contribution in [0.2, 0.25) is 5.82 Å². The number of carbonyl (C=O) groups excluding carboxylic acids is 4. The lowest BCUT2D eigenvalue weighted by Gasteiger charge is -2.33. The van der Waals surface area contributed by atoms with E-state index in [1.807, 2.05) is 25.1 Å². The average molecular weight is 570 g/mol. The van der Waals surface area contributed by atoms with Gasteiger partial charge in [0.05, 0.1) is 4.90 Å². The molecule has 12 nitrogen and oxygen atoms in total. The van der Waals surface area contributed by atoms with E-state index in [9.17, 15) is 32.6 Å². The van der Waals surface area contributed by atoms with Crippen molar-refractivity contribution >= 4 is 40.8 Å². The summed E-state index contributed by atoms with van der Waals surface area (Å²) in [5.74, 6) is -2.55. The number of likely N-dealkylation sites (N-methyl/N-ethyl adjacent to an activating group) is 1. The topological polar surface area (TPSA) is 176 Å². The first-order chi connectivity index (χ1) is 18.8. The number of imide groups is 1. The summed E-state index contributed by atoms with van der Waals surface area (Å²) < 4.78 is 30.0. The van der Waals surface area contributed by atoms with Gasteiger partial charge >= 0.3 is 25.0 Å². The number of piperazine rings is 1. The third kappa shape index (κ3) is 5.88. The number of primary sulfonamides is 1. The van der Waals surface area contributed by atoms with Gasteiger partial charge in [-0.2, -0.15) is 0 Å². The molecule has 2 aliphatic heterocycles. The molecule has 2 heterocycles. The molecule has 4 N–H and O–H groups in total. The second kappa shape index (κ2) is 11.4. The summed E-state index contributed by atoms with van der Waals surface area (Å²) in [5, 5.41) is 18.5. The minimum Gasteiger partial charge on any atom is -0.536 e. The molecule has 2 aromatic carbocycles. The Morgan fingerprint density at radius 3 is 2.55 bits per heavy atom. The Bertz CT molecular complexity index is 1480. The molecule has 0 saturated carbocycles. The van der Waals surface area contributed by atoms with Crippen molar-refractivity contribution in [2.45, 2.75) is 50.4 Å². The number of Topliss-reactive ketones (excluding diaryl/α,β-unsaturated/α-hetero) is 1. The molecule has 0 bridgehead atoms. The predicted octanol–water partition coefficient (Wildman–Crippen LogP) is 0.837. The number of nitrogens with two attached hydrogens (primary N) is 1. The highest BCUT2D eigenvalue weighted by molar-refractivity contribution is 7.89. The number of urea groups is 1. The molecule has 4 amide bonds. The fourth-order valence-corrected chi connectivity index (χ4v) is 5.83. The van der Waals surface area contributed by atoms with Gasteiger partial charge in [-0.05, 0) is 55.5 Å². The number of nitrogens with one attached hydrogen (secondary N) is 1. The Balaban J connectivity index is 1.64. The molecule has 0 aliphatic carbocycles. The van der Waals surface area contributed by atoms with Gasteiger partial charge in [-0.15, -0.1) is 0 Å². The van der Waals surface area contributed by atoms with Gasteiger partial charge in [0.25, 0.3) is 0 Å². The smallest absolute Gasteiger partial charge is 0.526 e. The van der Waals surface area contributed by atoms with Crippen molar-refractivity contribution in [3.05, 3.63) is 58.7 Å². The number of carbonyl (C=O) groups is 4. The number of fused-ring (bicyclic) bond motifs is 1. The van der Waals surface area contributed by atoms with Crippen molar-refractivity contribution in [3.8, 4) is 5.75 Å². The van der Waals surface area contributed by atoms with E-state index in [1.165, 1.54) is 30.0 Å². The summed E-state index contributed by atoms with van der Waals surface area (Å²) in [5.41, 5.74) is 2.10. The van der Waals surface area contributed by atoms with Crippen LogP contribution in [0.5, 0.6) is 5.75 Å². The molecule has 2 atom stereocenters. The number of aryl methyl sites for hydroxylation is 2. The molecule has 0 radical (unpaired) electrons. The molecule has 1 fully saturated rings. The average Bonchev–Trinajstić information content (AvgIpc) is 2.89. The largest absolute Gasteiger partial charge is 0.536 e. The van der Waals surface area contributed by atoms with E-state index in [0.29, 0.717) is 24.3 Å². The fraction of sp³-hybridized carbons (Fsp3) is 0.385. The van der Waals surface area contributed by atoms with Gasteiger partial charge < -0.3 is 19.9 Å². The van der Waals surface area contributed by atoms with Gasteiger partial charge in [0, 0.05) is 31.9 Å². The highest BCUT2D eigenvalue weighted by atomic mass is 32.2. The van der Waals surface area contributed by atoms with Crippen LogP contribution in [0.25, 0.3) is 0 Å². The summed E-state index contributed by atoms with van der Waals surface area (Å²) in [6.07, 6.45) is 0.0848. The lowest BCUT2D eigenvalue weighted by atomic mass is 9.64. The molecule has 14 heteroatoms. The third-order valence-corrected chi connectivity index (χ3v) is 8.31. The molecule has 40 heavy (non-hydrogen) atoms. The van der Waals surface area contributed by atoms with Gasteiger partial charge in [0.1, 0.15) is 11.8 Å². The lowest BCUT2D eigenvalue weighted by Crippen LogP contribution is -2.58. The van der Waals surface area contributed by atoms with E-state index in [-0.39, 0.29) is 30.0 Å².